The molecule has 17 heavy (non-hydrogen) atoms. The SMILES string of the molecule is CCCC(Nc1ccc2ncsc2c1)C(=O)O. The molecule has 0 amide bonds. The molecule has 0 aliphatic carbocycles. The molecule has 0 radical (unpaired) electrons. The zero-order chi connectivity index (χ0) is 12.3. The van der Waals surface area contributed by atoms with Gasteiger partial charge in [0.1, 0.15) is 6.04 Å². The van der Waals surface area contributed by atoms with E-state index in [0.717, 1.165) is 22.3 Å². The third-order valence-electron chi connectivity index (χ3n) is 2.55. The molecule has 1 heterocycles. The summed E-state index contributed by atoms with van der Waals surface area (Å²) >= 11 is 1.55. The lowest BCUT2D eigenvalue weighted by molar-refractivity contribution is -0.138. The molecule has 1 unspecified atom stereocenters. The number of benzene rings is 1. The van der Waals surface area contributed by atoms with E-state index < -0.39 is 12.0 Å². The van der Waals surface area contributed by atoms with Crippen LogP contribution in [0.25, 0.3) is 10.2 Å². The van der Waals surface area contributed by atoms with E-state index in [1.165, 1.54) is 0 Å². The summed E-state index contributed by atoms with van der Waals surface area (Å²) in [5.74, 6) is -0.809. The molecular formula is C12H14N2O2S. The van der Waals surface area contributed by atoms with Crippen molar-refractivity contribution >= 4 is 33.2 Å². The average molecular weight is 250 g/mol. The molecule has 1 atom stereocenters. The van der Waals surface area contributed by atoms with Crippen LogP contribution in [0.15, 0.2) is 23.7 Å². The second-order valence-corrected chi connectivity index (χ2v) is 4.75. The third-order valence-corrected chi connectivity index (χ3v) is 3.34. The molecule has 4 nitrogen and oxygen atoms in total. The molecule has 2 N–H and O–H groups in total. The summed E-state index contributed by atoms with van der Waals surface area (Å²) in [7, 11) is 0. The lowest BCUT2D eigenvalue weighted by atomic mass is 10.1. The first-order valence-corrected chi connectivity index (χ1v) is 6.41. The average Bonchev–Trinajstić information content (AvgIpc) is 2.75. The molecule has 0 spiro atoms. The summed E-state index contributed by atoms with van der Waals surface area (Å²) in [5, 5.41) is 12.1. The Kier molecular flexibility index (Phi) is 3.58. The Morgan fingerprint density at radius 1 is 1.59 bits per heavy atom. The Bertz CT molecular complexity index is 524. The fourth-order valence-corrected chi connectivity index (χ4v) is 2.41. The second-order valence-electron chi connectivity index (χ2n) is 3.86. The number of fused-ring (bicyclic) bond motifs is 1. The van der Waals surface area contributed by atoms with Crippen molar-refractivity contribution < 1.29 is 9.90 Å². The first-order valence-electron chi connectivity index (χ1n) is 5.53. The lowest BCUT2D eigenvalue weighted by Gasteiger charge is -2.14. The highest BCUT2D eigenvalue weighted by molar-refractivity contribution is 7.16. The van der Waals surface area contributed by atoms with Gasteiger partial charge in [-0.05, 0) is 24.6 Å². The minimum Gasteiger partial charge on any atom is -0.480 e. The van der Waals surface area contributed by atoms with Gasteiger partial charge in [0.2, 0.25) is 0 Å². The van der Waals surface area contributed by atoms with Crippen LogP contribution in [0.3, 0.4) is 0 Å². The normalized spacial score (nSPS) is 12.5. The fraction of sp³-hybridized carbons (Fsp3) is 0.333. The van der Waals surface area contributed by atoms with E-state index in [-0.39, 0.29) is 0 Å². The predicted octanol–water partition coefficient (Wildman–Crippen LogP) is 2.96. The largest absolute Gasteiger partial charge is 0.480 e. The number of aromatic nitrogens is 1. The summed E-state index contributed by atoms with van der Waals surface area (Å²) in [5.41, 5.74) is 3.57. The number of rotatable bonds is 5. The molecule has 0 fully saturated rings. The van der Waals surface area contributed by atoms with Gasteiger partial charge in [0.15, 0.2) is 0 Å². The number of thiazole rings is 1. The minimum absolute atomic E-state index is 0.523. The molecule has 90 valence electrons. The van der Waals surface area contributed by atoms with Crippen LogP contribution in [0.5, 0.6) is 0 Å². The van der Waals surface area contributed by atoms with Crippen LogP contribution in [-0.4, -0.2) is 22.1 Å². The fourth-order valence-electron chi connectivity index (χ4n) is 1.69. The van der Waals surface area contributed by atoms with Crippen molar-refractivity contribution in [3.63, 3.8) is 0 Å². The van der Waals surface area contributed by atoms with Gasteiger partial charge >= 0.3 is 5.97 Å². The maximum atomic E-state index is 11.0. The Morgan fingerprint density at radius 3 is 3.12 bits per heavy atom. The van der Waals surface area contributed by atoms with Gasteiger partial charge in [0.05, 0.1) is 15.7 Å². The van der Waals surface area contributed by atoms with E-state index in [0.29, 0.717) is 6.42 Å². The third kappa shape index (κ3) is 2.74. The van der Waals surface area contributed by atoms with Crippen LogP contribution in [0.1, 0.15) is 19.8 Å². The maximum Gasteiger partial charge on any atom is 0.326 e. The number of nitrogens with zero attached hydrogens (tertiary/aromatic N) is 1. The van der Waals surface area contributed by atoms with Gasteiger partial charge in [0, 0.05) is 5.69 Å². The molecule has 0 saturated carbocycles. The highest BCUT2D eigenvalue weighted by Gasteiger charge is 2.15. The number of aliphatic carboxylic acids is 1. The van der Waals surface area contributed by atoms with Crippen LogP contribution in [0.4, 0.5) is 5.69 Å². The second kappa shape index (κ2) is 5.14. The molecule has 5 heteroatoms. The van der Waals surface area contributed by atoms with Crippen molar-refractivity contribution in [2.45, 2.75) is 25.8 Å². The van der Waals surface area contributed by atoms with Crippen LogP contribution < -0.4 is 5.32 Å². The number of hydrogen-bond acceptors (Lipinski definition) is 4. The van der Waals surface area contributed by atoms with Gasteiger partial charge in [-0.1, -0.05) is 13.3 Å². The van der Waals surface area contributed by atoms with E-state index in [1.54, 1.807) is 16.8 Å². The first kappa shape index (κ1) is 11.9. The number of carboxylic acid groups (broad SMARTS) is 1. The van der Waals surface area contributed by atoms with E-state index >= 15 is 0 Å². The Labute approximate surface area is 103 Å². The number of carbonyl (C=O) groups is 1. The molecule has 0 aliphatic rings. The molecular weight excluding hydrogens is 236 g/mol. The summed E-state index contributed by atoms with van der Waals surface area (Å²) in [6, 6.07) is 5.19. The number of hydrogen-bond donors (Lipinski definition) is 2. The van der Waals surface area contributed by atoms with E-state index in [2.05, 4.69) is 10.3 Å². The topological polar surface area (TPSA) is 62.2 Å². The summed E-state index contributed by atoms with van der Waals surface area (Å²) in [6.07, 6.45) is 1.46. The Hall–Kier alpha value is -1.62. The van der Waals surface area contributed by atoms with Gasteiger partial charge < -0.3 is 10.4 Å². The van der Waals surface area contributed by atoms with E-state index in [4.69, 9.17) is 5.11 Å². The van der Waals surface area contributed by atoms with Crippen molar-refractivity contribution in [2.24, 2.45) is 0 Å². The van der Waals surface area contributed by atoms with E-state index in [9.17, 15) is 4.79 Å². The maximum absolute atomic E-state index is 11.0. The lowest BCUT2D eigenvalue weighted by Crippen LogP contribution is -2.28. The molecule has 0 saturated heterocycles. The van der Waals surface area contributed by atoms with Crippen molar-refractivity contribution in [1.82, 2.24) is 4.98 Å². The van der Waals surface area contributed by atoms with Crippen LogP contribution in [0.2, 0.25) is 0 Å². The van der Waals surface area contributed by atoms with Gasteiger partial charge in [-0.25, -0.2) is 9.78 Å². The van der Waals surface area contributed by atoms with Crippen LogP contribution in [0, 0.1) is 0 Å². The zero-order valence-corrected chi connectivity index (χ0v) is 10.3. The Morgan fingerprint density at radius 2 is 2.41 bits per heavy atom. The van der Waals surface area contributed by atoms with Crippen LogP contribution >= 0.6 is 11.3 Å². The molecule has 0 bridgehead atoms. The summed E-state index contributed by atoms with van der Waals surface area (Å²) in [6.45, 7) is 1.98. The summed E-state index contributed by atoms with van der Waals surface area (Å²) in [4.78, 5) is 15.2. The quantitative estimate of drug-likeness (QED) is 0.856. The Balaban J connectivity index is 2.18. The van der Waals surface area contributed by atoms with Gasteiger partial charge in [-0.3, -0.25) is 0 Å². The van der Waals surface area contributed by atoms with Crippen molar-refractivity contribution in [1.29, 1.82) is 0 Å². The molecule has 2 aromatic rings. The van der Waals surface area contributed by atoms with Gasteiger partial charge in [0.25, 0.3) is 0 Å². The monoisotopic (exact) mass is 250 g/mol. The van der Waals surface area contributed by atoms with Gasteiger partial charge in [-0.15, -0.1) is 11.3 Å². The number of carboxylic acids is 1. The highest BCUT2D eigenvalue weighted by atomic mass is 32.1. The van der Waals surface area contributed by atoms with Crippen molar-refractivity contribution in [2.75, 3.05) is 5.32 Å². The molecule has 1 aromatic heterocycles. The minimum atomic E-state index is -0.809. The van der Waals surface area contributed by atoms with Crippen molar-refractivity contribution in [3.8, 4) is 0 Å². The van der Waals surface area contributed by atoms with Gasteiger partial charge in [-0.2, -0.15) is 0 Å². The van der Waals surface area contributed by atoms with Crippen molar-refractivity contribution in [3.05, 3.63) is 23.7 Å². The highest BCUT2D eigenvalue weighted by Crippen LogP contribution is 2.22. The smallest absolute Gasteiger partial charge is 0.326 e. The number of nitrogens with one attached hydrogen (secondary N) is 1. The van der Waals surface area contributed by atoms with E-state index in [1.807, 2.05) is 25.1 Å². The first-order chi connectivity index (χ1) is 8.20. The number of anilines is 1. The molecule has 1 aromatic carbocycles. The summed E-state index contributed by atoms with van der Waals surface area (Å²) < 4.78 is 1.07. The molecule has 2 rings (SSSR count). The predicted molar refractivity (Wildman–Crippen MR) is 69.6 cm³/mol. The zero-order valence-electron chi connectivity index (χ0n) is 9.51. The standard InChI is InChI=1S/C12H14N2O2S/c1-2-3-10(12(15)16)14-8-4-5-9-11(6-8)17-7-13-9/h4-7,10,14H,2-3H2,1H3,(H,15,16). The molecule has 0 aliphatic heterocycles. The van der Waals surface area contributed by atoms with Crippen LogP contribution in [-0.2, 0) is 4.79 Å².